The average Bonchev–Trinajstić information content (AvgIpc) is 2.25. The lowest BCUT2D eigenvalue weighted by Crippen LogP contribution is -2.39. The zero-order chi connectivity index (χ0) is 7.84. The van der Waals surface area contributed by atoms with Gasteiger partial charge < -0.3 is 10.1 Å². The predicted octanol–water partition coefficient (Wildman–Crippen LogP) is 0.579. The normalized spacial score (nSPS) is 37.6. The van der Waals surface area contributed by atoms with E-state index in [-0.39, 0.29) is 24.4 Å². The quantitative estimate of drug-likeness (QED) is 0.617. The van der Waals surface area contributed by atoms with Crippen LogP contribution in [0.3, 0.4) is 0 Å². The first-order chi connectivity index (χ1) is 5.33. The number of rotatable bonds is 1. The van der Waals surface area contributed by atoms with Crippen molar-refractivity contribution in [3.8, 4) is 0 Å². The topological polar surface area (TPSA) is 38.3 Å². The Balaban J connectivity index is 0.000000720. The summed E-state index contributed by atoms with van der Waals surface area (Å²) in [6.45, 7) is 1.00. The van der Waals surface area contributed by atoms with Crippen LogP contribution < -0.4 is 5.32 Å². The zero-order valence-electron chi connectivity index (χ0n) is 7.08. The minimum absolute atomic E-state index is 0. The molecule has 1 aliphatic heterocycles. The van der Waals surface area contributed by atoms with Crippen LogP contribution in [0.2, 0.25) is 0 Å². The van der Waals surface area contributed by atoms with Crippen LogP contribution in [-0.2, 0) is 9.53 Å². The van der Waals surface area contributed by atoms with Gasteiger partial charge >= 0.3 is 5.97 Å². The van der Waals surface area contributed by atoms with Crippen molar-refractivity contribution in [2.45, 2.75) is 18.9 Å². The standard InChI is InChI=1S/C8H13NO2.ClH/c1-11-8(10)7-6-3-2-5(6)4-9-7;/h5-7,9H,2-4H2,1H3;1H/t5-,6-,7+;/m1./s1. The second-order valence-electron chi connectivity index (χ2n) is 3.41. The summed E-state index contributed by atoms with van der Waals surface area (Å²) in [5.74, 6) is 1.23. The van der Waals surface area contributed by atoms with E-state index in [2.05, 4.69) is 10.1 Å². The molecule has 1 saturated heterocycles. The largest absolute Gasteiger partial charge is 0.468 e. The molecule has 0 amide bonds. The number of carbonyl (C=O) groups is 1. The molecule has 0 aromatic heterocycles. The lowest BCUT2D eigenvalue weighted by Gasteiger charge is -2.31. The van der Waals surface area contributed by atoms with Gasteiger partial charge in [-0.1, -0.05) is 0 Å². The van der Waals surface area contributed by atoms with Crippen LogP contribution in [0, 0.1) is 11.8 Å². The van der Waals surface area contributed by atoms with E-state index in [4.69, 9.17) is 0 Å². The van der Waals surface area contributed by atoms with Gasteiger partial charge in [0.05, 0.1) is 7.11 Å². The van der Waals surface area contributed by atoms with Gasteiger partial charge in [-0.25, -0.2) is 0 Å². The van der Waals surface area contributed by atoms with E-state index < -0.39 is 0 Å². The Hall–Kier alpha value is -0.280. The third-order valence-corrected chi connectivity index (χ3v) is 2.96. The van der Waals surface area contributed by atoms with E-state index in [1.54, 1.807) is 0 Å². The van der Waals surface area contributed by atoms with Gasteiger partial charge in [-0.05, 0) is 31.2 Å². The molecule has 1 saturated carbocycles. The first kappa shape index (κ1) is 9.81. The highest BCUT2D eigenvalue weighted by molar-refractivity contribution is 5.85. The molecular formula is C8H14ClNO2. The Morgan fingerprint density at radius 1 is 1.50 bits per heavy atom. The fourth-order valence-corrected chi connectivity index (χ4v) is 2.10. The number of fused-ring (bicyclic) bond motifs is 1. The third kappa shape index (κ3) is 1.31. The van der Waals surface area contributed by atoms with Crippen molar-refractivity contribution in [2.75, 3.05) is 13.7 Å². The summed E-state index contributed by atoms with van der Waals surface area (Å²) >= 11 is 0. The lowest BCUT2D eigenvalue weighted by molar-refractivity contribution is -0.144. The average molecular weight is 192 g/mol. The summed E-state index contributed by atoms with van der Waals surface area (Å²) in [5.41, 5.74) is 0. The second-order valence-corrected chi connectivity index (χ2v) is 3.41. The van der Waals surface area contributed by atoms with Crippen LogP contribution in [0.25, 0.3) is 0 Å². The maximum Gasteiger partial charge on any atom is 0.323 e. The summed E-state index contributed by atoms with van der Waals surface area (Å²) in [4.78, 5) is 11.1. The molecule has 2 fully saturated rings. The first-order valence-electron chi connectivity index (χ1n) is 4.14. The van der Waals surface area contributed by atoms with Crippen LogP contribution in [0.5, 0.6) is 0 Å². The number of esters is 1. The van der Waals surface area contributed by atoms with Crippen molar-refractivity contribution < 1.29 is 9.53 Å². The summed E-state index contributed by atoms with van der Waals surface area (Å²) in [6.07, 6.45) is 2.47. The molecule has 1 heterocycles. The Labute approximate surface area is 78.3 Å². The third-order valence-electron chi connectivity index (χ3n) is 2.96. The molecule has 2 rings (SSSR count). The van der Waals surface area contributed by atoms with Crippen molar-refractivity contribution in [1.29, 1.82) is 0 Å². The van der Waals surface area contributed by atoms with E-state index in [1.807, 2.05) is 0 Å². The van der Waals surface area contributed by atoms with Crippen LogP contribution in [0.15, 0.2) is 0 Å². The van der Waals surface area contributed by atoms with Gasteiger partial charge in [0.25, 0.3) is 0 Å². The van der Waals surface area contributed by atoms with Crippen molar-refractivity contribution in [1.82, 2.24) is 5.32 Å². The second kappa shape index (κ2) is 3.62. The SMILES string of the molecule is COC(=O)[C@H]1NC[C@H]2CC[C@H]21.Cl. The Morgan fingerprint density at radius 3 is 2.67 bits per heavy atom. The minimum Gasteiger partial charge on any atom is -0.468 e. The molecule has 12 heavy (non-hydrogen) atoms. The smallest absolute Gasteiger partial charge is 0.323 e. The van der Waals surface area contributed by atoms with E-state index >= 15 is 0 Å². The molecule has 0 aromatic carbocycles. The Morgan fingerprint density at radius 2 is 2.25 bits per heavy atom. The number of ether oxygens (including phenoxy) is 1. The molecular weight excluding hydrogens is 178 g/mol. The maximum absolute atomic E-state index is 11.1. The van der Waals surface area contributed by atoms with Crippen LogP contribution >= 0.6 is 12.4 Å². The fourth-order valence-electron chi connectivity index (χ4n) is 2.10. The van der Waals surface area contributed by atoms with Crippen LogP contribution in [0.1, 0.15) is 12.8 Å². The molecule has 0 radical (unpaired) electrons. The molecule has 0 unspecified atom stereocenters. The maximum atomic E-state index is 11.1. The monoisotopic (exact) mass is 191 g/mol. The first-order valence-corrected chi connectivity index (χ1v) is 4.14. The van der Waals surface area contributed by atoms with Crippen LogP contribution in [-0.4, -0.2) is 25.7 Å². The molecule has 0 spiro atoms. The highest BCUT2D eigenvalue weighted by Gasteiger charge is 2.45. The van der Waals surface area contributed by atoms with Crippen LogP contribution in [0.4, 0.5) is 0 Å². The van der Waals surface area contributed by atoms with Gasteiger partial charge in [0.2, 0.25) is 0 Å². The Bertz CT molecular complexity index is 186. The number of hydrogen-bond acceptors (Lipinski definition) is 3. The number of halogens is 1. The summed E-state index contributed by atoms with van der Waals surface area (Å²) < 4.78 is 4.69. The van der Waals surface area contributed by atoms with Gasteiger partial charge in [0, 0.05) is 0 Å². The van der Waals surface area contributed by atoms with Crippen molar-refractivity contribution >= 4 is 18.4 Å². The van der Waals surface area contributed by atoms with Crippen molar-refractivity contribution in [2.24, 2.45) is 11.8 Å². The van der Waals surface area contributed by atoms with Gasteiger partial charge in [0.1, 0.15) is 6.04 Å². The van der Waals surface area contributed by atoms with E-state index in [0.717, 1.165) is 12.5 Å². The van der Waals surface area contributed by atoms with E-state index in [9.17, 15) is 4.79 Å². The van der Waals surface area contributed by atoms with Crippen molar-refractivity contribution in [3.63, 3.8) is 0 Å². The van der Waals surface area contributed by atoms with E-state index in [1.165, 1.54) is 20.0 Å². The molecule has 70 valence electrons. The lowest BCUT2D eigenvalue weighted by atomic mass is 9.73. The Kier molecular flexibility index (Phi) is 2.96. The number of hydrogen-bond donors (Lipinski definition) is 1. The number of carbonyl (C=O) groups excluding carboxylic acids is 1. The molecule has 1 aliphatic carbocycles. The fraction of sp³-hybridized carbons (Fsp3) is 0.875. The number of nitrogens with one attached hydrogen (secondary N) is 1. The van der Waals surface area contributed by atoms with Gasteiger partial charge in [-0.2, -0.15) is 0 Å². The van der Waals surface area contributed by atoms with E-state index in [0.29, 0.717) is 5.92 Å². The van der Waals surface area contributed by atoms with Crippen molar-refractivity contribution in [3.05, 3.63) is 0 Å². The summed E-state index contributed by atoms with van der Waals surface area (Å²) in [5, 5.41) is 3.19. The van der Waals surface area contributed by atoms with Gasteiger partial charge in [-0.15, -0.1) is 12.4 Å². The minimum atomic E-state index is -0.0859. The van der Waals surface area contributed by atoms with Gasteiger partial charge in [-0.3, -0.25) is 4.79 Å². The molecule has 3 atom stereocenters. The number of methoxy groups -OCH3 is 1. The molecule has 1 N–H and O–H groups in total. The molecule has 0 bridgehead atoms. The predicted molar refractivity (Wildman–Crippen MR) is 47.3 cm³/mol. The highest BCUT2D eigenvalue weighted by atomic mass is 35.5. The van der Waals surface area contributed by atoms with Gasteiger partial charge in [0.15, 0.2) is 0 Å². The molecule has 0 aromatic rings. The highest BCUT2D eigenvalue weighted by Crippen LogP contribution is 2.40. The zero-order valence-corrected chi connectivity index (χ0v) is 7.89. The summed E-state index contributed by atoms with van der Waals surface area (Å²) in [7, 11) is 1.45. The molecule has 3 nitrogen and oxygen atoms in total. The molecule has 2 aliphatic rings. The summed E-state index contributed by atoms with van der Waals surface area (Å²) in [6, 6.07) is -0.00116. The molecule has 4 heteroatoms.